The lowest BCUT2D eigenvalue weighted by molar-refractivity contribution is -0.142. The number of benzene rings is 2. The number of carbonyl (C=O) groups excluding carboxylic acids is 1. The van der Waals surface area contributed by atoms with Crippen molar-refractivity contribution in [2.45, 2.75) is 19.9 Å². The Morgan fingerprint density at radius 3 is 2.62 bits per heavy atom. The number of nitrogens with zero attached hydrogens (tertiary/aromatic N) is 1. The molecule has 0 fully saturated rings. The first-order chi connectivity index (χ1) is 10.0. The Hall–Kier alpha value is -1.58. The average Bonchev–Trinajstić information content (AvgIpc) is 2.42. The van der Waals surface area contributed by atoms with Gasteiger partial charge >= 0.3 is 5.97 Å². The van der Waals surface area contributed by atoms with Gasteiger partial charge in [0.2, 0.25) is 0 Å². The maximum Gasteiger partial charge on any atom is 0.310 e. The van der Waals surface area contributed by atoms with Gasteiger partial charge < -0.3 is 9.64 Å². The first kappa shape index (κ1) is 15.8. The molecule has 0 N–H and O–H groups in total. The van der Waals surface area contributed by atoms with Gasteiger partial charge in [-0.25, -0.2) is 0 Å². The van der Waals surface area contributed by atoms with Gasteiger partial charge in [0, 0.05) is 11.6 Å². The number of esters is 1. The van der Waals surface area contributed by atoms with Crippen molar-refractivity contribution in [1.82, 2.24) is 4.90 Å². The second-order valence-corrected chi connectivity index (χ2v) is 5.71. The minimum Gasteiger partial charge on any atom is -0.466 e. The second kappa shape index (κ2) is 6.92. The highest BCUT2D eigenvalue weighted by Gasteiger charge is 2.12. The van der Waals surface area contributed by atoms with Crippen molar-refractivity contribution >= 4 is 28.3 Å². The van der Waals surface area contributed by atoms with Gasteiger partial charge in [0.25, 0.3) is 0 Å². The van der Waals surface area contributed by atoms with Crippen LogP contribution in [-0.2, 0) is 22.5 Å². The zero-order valence-corrected chi connectivity index (χ0v) is 13.4. The highest BCUT2D eigenvalue weighted by atomic mass is 35.5. The lowest BCUT2D eigenvalue weighted by atomic mass is 9.99. The van der Waals surface area contributed by atoms with Crippen molar-refractivity contribution in [2.75, 3.05) is 20.7 Å². The number of rotatable bonds is 5. The minimum absolute atomic E-state index is 0.204. The van der Waals surface area contributed by atoms with Crippen LogP contribution in [0.3, 0.4) is 0 Å². The average molecular weight is 306 g/mol. The normalized spacial score (nSPS) is 11.1. The molecule has 0 aromatic heterocycles. The zero-order chi connectivity index (χ0) is 15.4. The Labute approximate surface area is 130 Å². The summed E-state index contributed by atoms with van der Waals surface area (Å²) in [4.78, 5) is 13.9. The zero-order valence-electron chi connectivity index (χ0n) is 12.6. The third-order valence-electron chi connectivity index (χ3n) is 3.27. The molecule has 112 valence electrons. The van der Waals surface area contributed by atoms with E-state index in [4.69, 9.17) is 16.3 Å². The Bertz CT molecular complexity index is 653. The van der Waals surface area contributed by atoms with Crippen molar-refractivity contribution in [3.8, 4) is 0 Å². The van der Waals surface area contributed by atoms with Crippen molar-refractivity contribution in [2.24, 2.45) is 0 Å². The highest BCUT2D eigenvalue weighted by molar-refractivity contribution is 6.32. The monoisotopic (exact) mass is 305 g/mol. The van der Waals surface area contributed by atoms with Gasteiger partial charge in [0.15, 0.2) is 0 Å². The van der Waals surface area contributed by atoms with Gasteiger partial charge in [0.05, 0.1) is 13.0 Å². The molecule has 4 heteroatoms. The Morgan fingerprint density at radius 2 is 1.95 bits per heavy atom. The fraction of sp³-hybridized carbons (Fsp3) is 0.353. The second-order valence-electron chi connectivity index (χ2n) is 5.30. The van der Waals surface area contributed by atoms with Crippen LogP contribution in [0.15, 0.2) is 30.3 Å². The highest BCUT2D eigenvalue weighted by Crippen LogP contribution is 2.28. The number of hydrogen-bond donors (Lipinski definition) is 0. The van der Waals surface area contributed by atoms with Crippen LogP contribution in [0.1, 0.15) is 18.1 Å². The largest absolute Gasteiger partial charge is 0.466 e. The van der Waals surface area contributed by atoms with Crippen LogP contribution in [0.5, 0.6) is 0 Å². The van der Waals surface area contributed by atoms with E-state index in [1.807, 2.05) is 26.2 Å². The molecule has 0 radical (unpaired) electrons. The minimum atomic E-state index is -0.245. The van der Waals surface area contributed by atoms with E-state index in [9.17, 15) is 4.79 Å². The summed E-state index contributed by atoms with van der Waals surface area (Å²) in [7, 11) is 4.06. The van der Waals surface area contributed by atoms with E-state index in [2.05, 4.69) is 23.1 Å². The van der Waals surface area contributed by atoms with Crippen molar-refractivity contribution < 1.29 is 9.53 Å². The van der Waals surface area contributed by atoms with E-state index < -0.39 is 0 Å². The number of hydrogen-bond acceptors (Lipinski definition) is 3. The lowest BCUT2D eigenvalue weighted by Crippen LogP contribution is -2.11. The molecular weight excluding hydrogens is 286 g/mol. The molecule has 0 bridgehead atoms. The molecule has 21 heavy (non-hydrogen) atoms. The van der Waals surface area contributed by atoms with Gasteiger partial charge in [-0.15, -0.1) is 0 Å². The van der Waals surface area contributed by atoms with Gasteiger partial charge in [-0.3, -0.25) is 4.79 Å². The van der Waals surface area contributed by atoms with Gasteiger partial charge in [0.1, 0.15) is 0 Å². The predicted molar refractivity (Wildman–Crippen MR) is 86.7 cm³/mol. The molecule has 0 spiro atoms. The molecular formula is C17H20ClNO2. The molecule has 2 aromatic carbocycles. The van der Waals surface area contributed by atoms with Crippen molar-refractivity contribution in [3.05, 3.63) is 46.5 Å². The molecule has 0 aliphatic heterocycles. The number of ether oxygens (including phenoxy) is 1. The van der Waals surface area contributed by atoms with E-state index in [1.165, 1.54) is 5.56 Å². The summed E-state index contributed by atoms with van der Waals surface area (Å²) in [6, 6.07) is 10.1. The molecule has 2 rings (SSSR count). The summed E-state index contributed by atoms with van der Waals surface area (Å²) in [5, 5.41) is 2.72. The van der Waals surface area contributed by atoms with E-state index >= 15 is 0 Å². The summed E-state index contributed by atoms with van der Waals surface area (Å²) in [5.41, 5.74) is 2.04. The Balaban J connectivity index is 2.45. The first-order valence-electron chi connectivity index (χ1n) is 7.01. The quantitative estimate of drug-likeness (QED) is 0.790. The van der Waals surface area contributed by atoms with Crippen molar-refractivity contribution in [3.63, 3.8) is 0 Å². The van der Waals surface area contributed by atoms with Crippen LogP contribution < -0.4 is 0 Å². The van der Waals surface area contributed by atoms with E-state index in [0.29, 0.717) is 11.6 Å². The Morgan fingerprint density at radius 1 is 1.24 bits per heavy atom. The Kier molecular flexibility index (Phi) is 5.21. The summed E-state index contributed by atoms with van der Waals surface area (Å²) in [6.07, 6.45) is 0.204. The molecule has 0 aliphatic carbocycles. The van der Waals surface area contributed by atoms with Crippen LogP contribution in [0.4, 0.5) is 0 Å². The third kappa shape index (κ3) is 3.96. The molecule has 0 amide bonds. The first-order valence-corrected chi connectivity index (χ1v) is 7.39. The SMILES string of the molecule is CCOC(=O)Cc1c(Cl)ccc2ccc(CN(C)C)cc12. The summed E-state index contributed by atoms with van der Waals surface area (Å²) in [6.45, 7) is 3.03. The fourth-order valence-corrected chi connectivity index (χ4v) is 2.63. The van der Waals surface area contributed by atoms with Crippen LogP contribution >= 0.6 is 11.6 Å². The van der Waals surface area contributed by atoms with Crippen LogP contribution in [0, 0.1) is 0 Å². The topological polar surface area (TPSA) is 29.5 Å². The molecule has 0 atom stereocenters. The maximum atomic E-state index is 11.8. The van der Waals surface area contributed by atoms with Crippen molar-refractivity contribution in [1.29, 1.82) is 0 Å². The lowest BCUT2D eigenvalue weighted by Gasteiger charge is -2.13. The number of halogens is 1. The summed E-state index contributed by atoms with van der Waals surface area (Å²) >= 11 is 6.29. The molecule has 0 aliphatic rings. The molecule has 0 saturated heterocycles. The maximum absolute atomic E-state index is 11.8. The fourth-order valence-electron chi connectivity index (χ4n) is 2.40. The third-order valence-corrected chi connectivity index (χ3v) is 3.62. The molecule has 2 aromatic rings. The van der Waals surface area contributed by atoms with Gasteiger partial charge in [-0.05, 0) is 55.1 Å². The molecule has 0 heterocycles. The van der Waals surface area contributed by atoms with E-state index in [-0.39, 0.29) is 12.4 Å². The van der Waals surface area contributed by atoms with Crippen LogP contribution in [0.2, 0.25) is 5.02 Å². The van der Waals surface area contributed by atoms with Crippen LogP contribution in [-0.4, -0.2) is 31.6 Å². The molecule has 0 saturated carbocycles. The van der Waals surface area contributed by atoms with E-state index in [0.717, 1.165) is 22.9 Å². The van der Waals surface area contributed by atoms with Gasteiger partial charge in [-0.2, -0.15) is 0 Å². The molecule has 0 unspecified atom stereocenters. The number of fused-ring (bicyclic) bond motifs is 1. The predicted octanol–water partition coefficient (Wildman–Crippen LogP) is 3.66. The smallest absolute Gasteiger partial charge is 0.310 e. The van der Waals surface area contributed by atoms with Gasteiger partial charge in [-0.1, -0.05) is 29.8 Å². The van der Waals surface area contributed by atoms with Crippen LogP contribution in [0.25, 0.3) is 10.8 Å². The summed E-state index contributed by atoms with van der Waals surface area (Å²) < 4.78 is 5.04. The molecule has 3 nitrogen and oxygen atoms in total. The van der Waals surface area contributed by atoms with E-state index in [1.54, 1.807) is 6.92 Å². The standard InChI is InChI=1S/C17H20ClNO2/c1-4-21-17(20)10-15-14-9-12(11-19(2)3)5-6-13(14)7-8-16(15)18/h5-9H,4,10-11H2,1-3H3. The summed E-state index contributed by atoms with van der Waals surface area (Å²) in [5.74, 6) is -0.245. The number of carbonyl (C=O) groups is 1.